The largest absolute Gasteiger partial charge is 0.467 e. The summed E-state index contributed by atoms with van der Waals surface area (Å²) in [5.41, 5.74) is 4.85. The van der Waals surface area contributed by atoms with Gasteiger partial charge in [0.05, 0.1) is 22.6 Å². The molecule has 0 radical (unpaired) electrons. The van der Waals surface area contributed by atoms with E-state index in [2.05, 4.69) is 33.4 Å². The molecule has 0 amide bonds. The van der Waals surface area contributed by atoms with Crippen LogP contribution in [0.2, 0.25) is 0 Å². The van der Waals surface area contributed by atoms with E-state index in [0.29, 0.717) is 0 Å². The van der Waals surface area contributed by atoms with E-state index in [4.69, 9.17) is 10.3 Å². The number of hydrazine groups is 1. The molecule has 6 heteroatoms. The molecule has 98 valence electrons. The molecule has 2 aromatic rings. The van der Waals surface area contributed by atoms with Gasteiger partial charge in [0.15, 0.2) is 0 Å². The first-order chi connectivity index (χ1) is 8.69. The SMILES string of the molecule is CCCn1ncc(Br)c1C(NN)c1occc1C. The third kappa shape index (κ3) is 2.36. The Hall–Kier alpha value is -1.11. The van der Waals surface area contributed by atoms with Crippen molar-refractivity contribution in [2.24, 2.45) is 5.84 Å². The molecule has 0 fully saturated rings. The van der Waals surface area contributed by atoms with E-state index in [0.717, 1.165) is 34.5 Å². The molecule has 2 rings (SSSR count). The highest BCUT2D eigenvalue weighted by atomic mass is 79.9. The molecule has 0 spiro atoms. The highest BCUT2D eigenvalue weighted by Gasteiger charge is 2.24. The molecule has 0 aromatic carbocycles. The molecule has 3 N–H and O–H groups in total. The van der Waals surface area contributed by atoms with Gasteiger partial charge >= 0.3 is 0 Å². The maximum atomic E-state index is 5.69. The number of nitrogens with zero attached hydrogens (tertiary/aromatic N) is 2. The van der Waals surface area contributed by atoms with Crippen molar-refractivity contribution in [3.63, 3.8) is 0 Å². The van der Waals surface area contributed by atoms with Crippen molar-refractivity contribution >= 4 is 15.9 Å². The predicted octanol–water partition coefficient (Wildman–Crippen LogP) is 2.51. The Bertz CT molecular complexity index is 520. The summed E-state index contributed by atoms with van der Waals surface area (Å²) in [6, 6.07) is 1.72. The van der Waals surface area contributed by atoms with Crippen molar-refractivity contribution in [1.29, 1.82) is 0 Å². The van der Waals surface area contributed by atoms with Gasteiger partial charge in [-0.05, 0) is 40.9 Å². The lowest BCUT2D eigenvalue weighted by atomic mass is 10.1. The van der Waals surface area contributed by atoms with E-state index in [1.165, 1.54) is 0 Å². The fraction of sp³-hybridized carbons (Fsp3) is 0.417. The van der Waals surface area contributed by atoms with E-state index >= 15 is 0 Å². The Kier molecular flexibility index (Phi) is 4.21. The van der Waals surface area contributed by atoms with Gasteiger partial charge in [-0.1, -0.05) is 6.92 Å². The molecular formula is C12H17BrN4O. The van der Waals surface area contributed by atoms with E-state index in [-0.39, 0.29) is 6.04 Å². The minimum absolute atomic E-state index is 0.205. The molecule has 0 aliphatic heterocycles. The molecular weight excluding hydrogens is 296 g/mol. The van der Waals surface area contributed by atoms with Gasteiger partial charge in [0.1, 0.15) is 11.8 Å². The summed E-state index contributed by atoms with van der Waals surface area (Å²) in [5, 5.41) is 4.35. The minimum atomic E-state index is -0.205. The maximum Gasteiger partial charge on any atom is 0.131 e. The molecule has 0 aliphatic carbocycles. The standard InChI is InChI=1S/C12H17BrN4O/c1-3-5-17-11(9(13)7-15-17)10(16-14)12-8(2)4-6-18-12/h4,6-7,10,16H,3,5,14H2,1-2H3. The van der Waals surface area contributed by atoms with E-state index in [1.54, 1.807) is 12.5 Å². The lowest BCUT2D eigenvalue weighted by Gasteiger charge is -2.17. The van der Waals surface area contributed by atoms with Crippen molar-refractivity contribution in [3.05, 3.63) is 40.0 Å². The van der Waals surface area contributed by atoms with Crippen LogP contribution in [0.1, 0.15) is 36.4 Å². The molecule has 0 saturated carbocycles. The van der Waals surface area contributed by atoms with Crippen molar-refractivity contribution in [3.8, 4) is 0 Å². The zero-order valence-corrected chi connectivity index (χ0v) is 12.1. The first kappa shape index (κ1) is 13.3. The fourth-order valence-electron chi connectivity index (χ4n) is 2.01. The molecule has 2 heterocycles. The molecule has 0 bridgehead atoms. The monoisotopic (exact) mass is 312 g/mol. The molecule has 0 saturated heterocycles. The average Bonchev–Trinajstić information content (AvgIpc) is 2.91. The number of nitrogens with two attached hydrogens (primary N) is 1. The van der Waals surface area contributed by atoms with Gasteiger partial charge in [-0.3, -0.25) is 10.5 Å². The zero-order valence-electron chi connectivity index (χ0n) is 10.5. The van der Waals surface area contributed by atoms with Crippen LogP contribution in [0.25, 0.3) is 0 Å². The summed E-state index contributed by atoms with van der Waals surface area (Å²) in [7, 11) is 0. The van der Waals surface area contributed by atoms with E-state index < -0.39 is 0 Å². The van der Waals surface area contributed by atoms with E-state index in [9.17, 15) is 0 Å². The van der Waals surface area contributed by atoms with Crippen molar-refractivity contribution in [2.45, 2.75) is 32.9 Å². The second-order valence-electron chi connectivity index (χ2n) is 4.17. The van der Waals surface area contributed by atoms with Gasteiger partial charge in [0.25, 0.3) is 0 Å². The number of rotatable bonds is 5. The summed E-state index contributed by atoms with van der Waals surface area (Å²) in [6.07, 6.45) is 4.46. The van der Waals surface area contributed by atoms with Crippen LogP contribution >= 0.6 is 15.9 Å². The van der Waals surface area contributed by atoms with Gasteiger partial charge in [0.2, 0.25) is 0 Å². The molecule has 1 unspecified atom stereocenters. The number of nitrogens with one attached hydrogen (secondary N) is 1. The summed E-state index contributed by atoms with van der Waals surface area (Å²) < 4.78 is 8.39. The Morgan fingerprint density at radius 2 is 2.39 bits per heavy atom. The van der Waals surface area contributed by atoms with Gasteiger partial charge < -0.3 is 4.42 Å². The normalized spacial score (nSPS) is 12.9. The summed E-state index contributed by atoms with van der Waals surface area (Å²) >= 11 is 3.52. The first-order valence-electron chi connectivity index (χ1n) is 5.90. The highest BCUT2D eigenvalue weighted by Crippen LogP contribution is 2.30. The number of hydrogen-bond acceptors (Lipinski definition) is 4. The number of aryl methyl sites for hydroxylation is 2. The fourth-order valence-corrected chi connectivity index (χ4v) is 2.53. The van der Waals surface area contributed by atoms with Crippen LogP contribution in [0.3, 0.4) is 0 Å². The molecule has 2 aromatic heterocycles. The summed E-state index contributed by atoms with van der Waals surface area (Å²) in [6.45, 7) is 4.96. The van der Waals surface area contributed by atoms with Crippen molar-refractivity contribution in [1.82, 2.24) is 15.2 Å². The van der Waals surface area contributed by atoms with Crippen LogP contribution in [0.5, 0.6) is 0 Å². The van der Waals surface area contributed by atoms with Crippen LogP contribution in [0.4, 0.5) is 0 Å². The topological polar surface area (TPSA) is 69.0 Å². The van der Waals surface area contributed by atoms with Crippen LogP contribution in [0.15, 0.2) is 27.4 Å². The zero-order chi connectivity index (χ0) is 13.1. The van der Waals surface area contributed by atoms with Crippen LogP contribution < -0.4 is 11.3 Å². The molecule has 1 atom stereocenters. The Morgan fingerprint density at radius 3 is 2.94 bits per heavy atom. The van der Waals surface area contributed by atoms with Gasteiger partial charge in [0, 0.05) is 6.54 Å². The number of aromatic nitrogens is 2. The predicted molar refractivity (Wildman–Crippen MR) is 72.8 cm³/mol. The third-order valence-corrected chi connectivity index (χ3v) is 3.48. The van der Waals surface area contributed by atoms with Gasteiger partial charge in [-0.25, -0.2) is 5.43 Å². The second kappa shape index (κ2) is 5.69. The first-order valence-corrected chi connectivity index (χ1v) is 6.69. The van der Waals surface area contributed by atoms with E-state index in [1.807, 2.05) is 17.7 Å². The Morgan fingerprint density at radius 1 is 1.61 bits per heavy atom. The Balaban J connectivity index is 2.45. The average molecular weight is 313 g/mol. The van der Waals surface area contributed by atoms with Crippen LogP contribution in [0, 0.1) is 6.92 Å². The van der Waals surface area contributed by atoms with Gasteiger partial charge in [-0.15, -0.1) is 0 Å². The smallest absolute Gasteiger partial charge is 0.131 e. The summed E-state index contributed by atoms with van der Waals surface area (Å²) in [5.74, 6) is 6.50. The van der Waals surface area contributed by atoms with Crippen molar-refractivity contribution in [2.75, 3.05) is 0 Å². The lowest BCUT2D eigenvalue weighted by Crippen LogP contribution is -2.31. The highest BCUT2D eigenvalue weighted by molar-refractivity contribution is 9.10. The third-order valence-electron chi connectivity index (χ3n) is 2.87. The molecule has 5 nitrogen and oxygen atoms in total. The molecule has 0 aliphatic rings. The number of halogens is 1. The quantitative estimate of drug-likeness (QED) is 0.657. The number of hydrogen-bond donors (Lipinski definition) is 2. The van der Waals surface area contributed by atoms with Crippen LogP contribution in [-0.2, 0) is 6.54 Å². The maximum absolute atomic E-state index is 5.69. The Labute approximate surface area is 114 Å². The number of furan rings is 1. The molecule has 18 heavy (non-hydrogen) atoms. The van der Waals surface area contributed by atoms with Crippen LogP contribution in [-0.4, -0.2) is 9.78 Å². The lowest BCUT2D eigenvalue weighted by molar-refractivity contribution is 0.425. The van der Waals surface area contributed by atoms with Gasteiger partial charge in [-0.2, -0.15) is 5.10 Å². The second-order valence-corrected chi connectivity index (χ2v) is 5.02. The summed E-state index contributed by atoms with van der Waals surface area (Å²) in [4.78, 5) is 0. The van der Waals surface area contributed by atoms with Crippen molar-refractivity contribution < 1.29 is 4.42 Å². The minimum Gasteiger partial charge on any atom is -0.467 e.